The van der Waals surface area contributed by atoms with Crippen LogP contribution >= 0.6 is 7.82 Å². The molecule has 0 amide bonds. The first-order valence-corrected chi connectivity index (χ1v) is 12.4. The molecule has 0 aliphatic heterocycles. The maximum Gasteiger partial charge on any atom is 0.529 e. The molecule has 0 rings (SSSR count). The topological polar surface area (TPSA) is 98.9 Å². The van der Waals surface area contributed by atoms with Crippen LogP contribution in [-0.2, 0) is 18.4 Å². The molecule has 27 heavy (non-hydrogen) atoms. The monoisotopic (exact) mass is 407 g/mol. The van der Waals surface area contributed by atoms with Crippen molar-refractivity contribution in [2.45, 2.75) is 110 Å². The Hall–Kier alpha value is -0.420. The van der Waals surface area contributed by atoms with E-state index in [1.165, 1.54) is 77.0 Å². The van der Waals surface area contributed by atoms with E-state index in [0.717, 1.165) is 12.8 Å². The van der Waals surface area contributed by atoms with Crippen LogP contribution in [0.1, 0.15) is 110 Å². The highest BCUT2D eigenvalue weighted by molar-refractivity contribution is 7.48. The molecule has 162 valence electrons. The zero-order chi connectivity index (χ0) is 20.2. The number of carbonyl (C=O) groups is 1. The highest BCUT2D eigenvalue weighted by atomic mass is 31.2. The summed E-state index contributed by atoms with van der Waals surface area (Å²) in [5, 5.41) is 0. The molecule has 0 spiro atoms. The fourth-order valence-corrected chi connectivity index (χ4v) is 3.75. The Morgan fingerprint density at radius 2 is 1.22 bits per heavy atom. The molecule has 1 atom stereocenters. The average molecular weight is 408 g/mol. The van der Waals surface area contributed by atoms with Crippen LogP contribution in [0.15, 0.2) is 0 Å². The van der Waals surface area contributed by atoms with Crippen LogP contribution in [0.5, 0.6) is 0 Å². The second-order valence-electron chi connectivity index (χ2n) is 7.25. The van der Waals surface area contributed by atoms with Gasteiger partial charge in [-0.3, -0.25) is 14.2 Å². The third kappa shape index (κ3) is 20.1. The summed E-state index contributed by atoms with van der Waals surface area (Å²) in [5.41, 5.74) is 5.17. The number of carbonyl (C=O) groups excluding carboxylic acids is 1. The third-order valence-corrected chi connectivity index (χ3v) is 5.52. The van der Waals surface area contributed by atoms with E-state index in [-0.39, 0.29) is 19.6 Å². The van der Waals surface area contributed by atoms with Crippen molar-refractivity contribution in [2.24, 2.45) is 5.73 Å². The molecule has 0 bridgehead atoms. The first-order valence-electron chi connectivity index (χ1n) is 10.9. The molecule has 0 saturated carbocycles. The van der Waals surface area contributed by atoms with E-state index in [2.05, 4.69) is 16.0 Å². The Labute approximate surface area is 166 Å². The normalized spacial score (nSPS) is 13.4. The van der Waals surface area contributed by atoms with Crippen LogP contribution in [0.25, 0.3) is 0 Å². The zero-order valence-corrected chi connectivity index (χ0v) is 18.2. The molecule has 0 heterocycles. The first kappa shape index (κ1) is 26.6. The van der Waals surface area contributed by atoms with Crippen molar-refractivity contribution in [1.82, 2.24) is 0 Å². The molecule has 1 unspecified atom stereocenters. The predicted octanol–water partition coefficient (Wildman–Crippen LogP) is 5.87. The van der Waals surface area contributed by atoms with Crippen molar-refractivity contribution in [2.75, 3.05) is 13.2 Å². The van der Waals surface area contributed by atoms with Gasteiger partial charge in [-0.25, -0.2) is 4.57 Å². The van der Waals surface area contributed by atoms with Gasteiger partial charge in [0.2, 0.25) is 0 Å². The third-order valence-electron chi connectivity index (χ3n) is 4.57. The van der Waals surface area contributed by atoms with E-state index in [1.807, 2.05) is 0 Å². The minimum absolute atomic E-state index is 0.0984. The molecular weight excluding hydrogens is 365 g/mol. The summed E-state index contributed by atoms with van der Waals surface area (Å²) < 4.78 is 20.4. The number of hydrogen-bond acceptors (Lipinski definition) is 5. The van der Waals surface area contributed by atoms with Crippen LogP contribution in [0.4, 0.5) is 0 Å². The van der Waals surface area contributed by atoms with Gasteiger partial charge in [-0.1, -0.05) is 96.8 Å². The number of phosphoric ester groups is 1. The van der Waals surface area contributed by atoms with Crippen LogP contribution < -0.4 is 5.73 Å². The van der Waals surface area contributed by atoms with E-state index >= 15 is 0 Å². The molecular formula is C20H42NO5P. The van der Waals surface area contributed by atoms with Crippen LogP contribution in [0, 0.1) is 0 Å². The van der Waals surface area contributed by atoms with E-state index in [9.17, 15) is 14.3 Å². The Balaban J connectivity index is 3.31. The standard InChI is InChI=1S/C20H42NO5P/c1-2-3-4-5-6-7-8-9-10-11-12-13-14-15-16-17-20(22)26-27(23,24)25-19-18-21/h2-19,21H2,1H3,(H,23,24). The zero-order valence-electron chi connectivity index (χ0n) is 17.3. The van der Waals surface area contributed by atoms with E-state index in [1.54, 1.807) is 0 Å². The number of phosphoric acid groups is 1. The second-order valence-corrected chi connectivity index (χ2v) is 8.63. The average Bonchev–Trinajstić information content (AvgIpc) is 2.63. The largest absolute Gasteiger partial charge is 0.529 e. The van der Waals surface area contributed by atoms with E-state index < -0.39 is 13.8 Å². The minimum Gasteiger partial charge on any atom is -0.371 e. The van der Waals surface area contributed by atoms with Gasteiger partial charge in [0, 0.05) is 13.0 Å². The van der Waals surface area contributed by atoms with Crippen molar-refractivity contribution in [3.05, 3.63) is 0 Å². The Bertz CT molecular complexity index is 393. The number of hydrogen-bond donors (Lipinski definition) is 2. The summed E-state index contributed by atoms with van der Waals surface area (Å²) >= 11 is 0. The van der Waals surface area contributed by atoms with Crippen LogP contribution in [0.2, 0.25) is 0 Å². The van der Waals surface area contributed by atoms with Crippen molar-refractivity contribution >= 4 is 13.8 Å². The fourth-order valence-electron chi connectivity index (χ4n) is 3.01. The summed E-state index contributed by atoms with van der Waals surface area (Å²) in [6.45, 7) is 2.24. The SMILES string of the molecule is CCCCCCCCCCCCCCCCCC(=O)OP(=O)(O)OCCN. The molecule has 0 fully saturated rings. The highest BCUT2D eigenvalue weighted by Gasteiger charge is 2.25. The molecule has 0 aliphatic carbocycles. The summed E-state index contributed by atoms with van der Waals surface area (Å²) in [5.74, 6) is -0.687. The molecule has 0 aromatic carbocycles. The van der Waals surface area contributed by atoms with Crippen molar-refractivity contribution in [3.63, 3.8) is 0 Å². The summed E-state index contributed by atoms with van der Waals surface area (Å²) in [7, 11) is -4.28. The highest BCUT2D eigenvalue weighted by Crippen LogP contribution is 2.43. The smallest absolute Gasteiger partial charge is 0.371 e. The van der Waals surface area contributed by atoms with E-state index in [4.69, 9.17) is 5.73 Å². The van der Waals surface area contributed by atoms with Gasteiger partial charge in [0.15, 0.2) is 0 Å². The lowest BCUT2D eigenvalue weighted by atomic mass is 10.0. The van der Waals surface area contributed by atoms with Crippen molar-refractivity contribution in [3.8, 4) is 0 Å². The summed E-state index contributed by atoms with van der Waals surface area (Å²) in [6.07, 6.45) is 18.9. The number of rotatable bonds is 20. The first-order chi connectivity index (χ1) is 13.0. The Morgan fingerprint density at radius 3 is 1.63 bits per heavy atom. The maximum atomic E-state index is 11.5. The van der Waals surface area contributed by atoms with Gasteiger partial charge >= 0.3 is 13.8 Å². The van der Waals surface area contributed by atoms with Crippen molar-refractivity contribution in [1.29, 1.82) is 0 Å². The molecule has 7 heteroatoms. The molecule has 0 aliphatic rings. The lowest BCUT2D eigenvalue weighted by Crippen LogP contribution is -2.10. The maximum absolute atomic E-state index is 11.5. The number of unbranched alkanes of at least 4 members (excludes halogenated alkanes) is 14. The van der Waals surface area contributed by atoms with E-state index in [0.29, 0.717) is 6.42 Å². The lowest BCUT2D eigenvalue weighted by Gasteiger charge is -2.10. The molecule has 6 nitrogen and oxygen atoms in total. The Morgan fingerprint density at radius 1 is 0.815 bits per heavy atom. The van der Waals surface area contributed by atoms with Gasteiger partial charge in [0.05, 0.1) is 6.61 Å². The number of nitrogens with two attached hydrogens (primary N) is 1. The quantitative estimate of drug-likeness (QED) is 0.193. The molecule has 0 saturated heterocycles. The van der Waals surface area contributed by atoms with Crippen LogP contribution in [0.3, 0.4) is 0 Å². The molecule has 3 N–H and O–H groups in total. The molecule has 0 aromatic rings. The van der Waals surface area contributed by atoms with Crippen molar-refractivity contribution < 1.29 is 23.3 Å². The summed E-state index contributed by atoms with van der Waals surface area (Å²) in [6, 6.07) is 0. The van der Waals surface area contributed by atoms with Gasteiger partial charge in [-0.05, 0) is 6.42 Å². The molecule has 0 radical (unpaired) electrons. The van der Waals surface area contributed by atoms with Gasteiger partial charge in [-0.2, -0.15) is 0 Å². The van der Waals surface area contributed by atoms with Gasteiger partial charge < -0.3 is 10.3 Å². The Kier molecular flexibility index (Phi) is 18.6. The fraction of sp³-hybridized carbons (Fsp3) is 0.950. The van der Waals surface area contributed by atoms with Crippen LogP contribution in [-0.4, -0.2) is 24.0 Å². The van der Waals surface area contributed by atoms with Gasteiger partial charge in [0.1, 0.15) is 0 Å². The predicted molar refractivity (Wildman–Crippen MR) is 110 cm³/mol. The second kappa shape index (κ2) is 18.9. The lowest BCUT2D eigenvalue weighted by molar-refractivity contribution is -0.136. The van der Waals surface area contributed by atoms with Gasteiger partial charge in [-0.15, -0.1) is 0 Å². The van der Waals surface area contributed by atoms with Gasteiger partial charge in [0.25, 0.3) is 0 Å². The summed E-state index contributed by atoms with van der Waals surface area (Å²) in [4.78, 5) is 20.8. The molecule has 0 aromatic heterocycles. The minimum atomic E-state index is -4.28.